The van der Waals surface area contributed by atoms with Gasteiger partial charge in [0.1, 0.15) is 11.6 Å². The van der Waals surface area contributed by atoms with Gasteiger partial charge in [-0.25, -0.2) is 21.9 Å². The molecule has 1 aliphatic heterocycles. The molecule has 0 unspecified atom stereocenters. The maximum Gasteiger partial charge on any atom is 0.256 e. The van der Waals surface area contributed by atoms with E-state index in [1.807, 2.05) is 0 Å². The number of benzene rings is 2. The van der Waals surface area contributed by atoms with E-state index in [2.05, 4.69) is 9.62 Å². The van der Waals surface area contributed by atoms with Crippen molar-refractivity contribution in [2.24, 2.45) is 0 Å². The second-order valence-electron chi connectivity index (χ2n) is 6.90. The minimum Gasteiger partial charge on any atom is -0.337 e. The number of halogens is 2. The monoisotopic (exact) mass is 423 g/mol. The molecule has 3 rings (SSSR count). The van der Waals surface area contributed by atoms with Crippen LogP contribution in [0.15, 0.2) is 47.4 Å². The van der Waals surface area contributed by atoms with E-state index in [-0.39, 0.29) is 16.3 Å². The van der Waals surface area contributed by atoms with Gasteiger partial charge in [0.25, 0.3) is 5.91 Å². The van der Waals surface area contributed by atoms with E-state index in [0.29, 0.717) is 32.6 Å². The Morgan fingerprint density at radius 3 is 2.45 bits per heavy atom. The number of amides is 1. The Hall–Kier alpha value is -2.36. The standard InChI is InChI=1S/C20H23F2N3O3S/c1-23-29(27,28)17-7-8-19(22)18(13-17)20(26)25-10-2-9-24(11-12-25)14-15-3-5-16(21)6-4-15/h3-8,13,23H,2,9-12,14H2,1H3. The largest absolute Gasteiger partial charge is 0.337 e. The van der Waals surface area contributed by atoms with E-state index in [9.17, 15) is 22.0 Å². The van der Waals surface area contributed by atoms with Crippen LogP contribution in [0.2, 0.25) is 0 Å². The van der Waals surface area contributed by atoms with Gasteiger partial charge in [-0.15, -0.1) is 0 Å². The molecule has 6 nitrogen and oxygen atoms in total. The van der Waals surface area contributed by atoms with Gasteiger partial charge in [-0.2, -0.15) is 0 Å². The molecule has 156 valence electrons. The van der Waals surface area contributed by atoms with Crippen LogP contribution in [0.4, 0.5) is 8.78 Å². The third kappa shape index (κ3) is 5.17. The van der Waals surface area contributed by atoms with Crippen molar-refractivity contribution in [3.63, 3.8) is 0 Å². The van der Waals surface area contributed by atoms with Gasteiger partial charge < -0.3 is 4.90 Å². The maximum atomic E-state index is 14.3. The maximum absolute atomic E-state index is 14.3. The fourth-order valence-corrected chi connectivity index (χ4v) is 4.06. The number of nitrogens with one attached hydrogen (secondary N) is 1. The smallest absolute Gasteiger partial charge is 0.256 e. The van der Waals surface area contributed by atoms with Gasteiger partial charge in [-0.1, -0.05) is 12.1 Å². The molecular weight excluding hydrogens is 400 g/mol. The summed E-state index contributed by atoms with van der Waals surface area (Å²) in [6.45, 7) is 2.80. The average molecular weight is 423 g/mol. The van der Waals surface area contributed by atoms with Crippen molar-refractivity contribution >= 4 is 15.9 Å². The first-order valence-electron chi connectivity index (χ1n) is 9.29. The molecule has 0 saturated carbocycles. The van der Waals surface area contributed by atoms with Crippen molar-refractivity contribution in [3.05, 3.63) is 65.2 Å². The first-order chi connectivity index (χ1) is 13.8. The summed E-state index contributed by atoms with van der Waals surface area (Å²) in [5.74, 6) is -1.57. The van der Waals surface area contributed by atoms with Crippen LogP contribution in [0.3, 0.4) is 0 Å². The van der Waals surface area contributed by atoms with Gasteiger partial charge in [0, 0.05) is 32.7 Å². The highest BCUT2D eigenvalue weighted by Gasteiger charge is 2.24. The first-order valence-corrected chi connectivity index (χ1v) is 10.8. The Balaban J connectivity index is 1.71. The predicted molar refractivity (Wildman–Crippen MR) is 105 cm³/mol. The second-order valence-corrected chi connectivity index (χ2v) is 8.78. The van der Waals surface area contributed by atoms with E-state index in [0.717, 1.165) is 30.3 Å². The molecule has 1 aliphatic rings. The van der Waals surface area contributed by atoms with Gasteiger partial charge in [-0.3, -0.25) is 9.69 Å². The van der Waals surface area contributed by atoms with Crippen molar-refractivity contribution in [2.75, 3.05) is 33.2 Å². The molecule has 0 radical (unpaired) electrons. The Bertz CT molecular complexity index is 981. The zero-order valence-electron chi connectivity index (χ0n) is 16.1. The van der Waals surface area contributed by atoms with Gasteiger partial charge >= 0.3 is 0 Å². The summed E-state index contributed by atoms with van der Waals surface area (Å²) in [5.41, 5.74) is 0.718. The van der Waals surface area contributed by atoms with Crippen LogP contribution in [0.5, 0.6) is 0 Å². The first kappa shape index (κ1) is 21.4. The van der Waals surface area contributed by atoms with Crippen LogP contribution in [0.25, 0.3) is 0 Å². The van der Waals surface area contributed by atoms with Crippen LogP contribution in [0, 0.1) is 11.6 Å². The van der Waals surface area contributed by atoms with E-state index in [1.54, 1.807) is 17.0 Å². The minimum atomic E-state index is -3.78. The van der Waals surface area contributed by atoms with Gasteiger partial charge in [0.15, 0.2) is 0 Å². The number of hydrogen-bond donors (Lipinski definition) is 1. The van der Waals surface area contributed by atoms with Gasteiger partial charge in [0.2, 0.25) is 10.0 Å². The third-order valence-electron chi connectivity index (χ3n) is 4.94. The van der Waals surface area contributed by atoms with Crippen molar-refractivity contribution in [1.29, 1.82) is 0 Å². The molecule has 0 atom stereocenters. The lowest BCUT2D eigenvalue weighted by Crippen LogP contribution is -2.35. The Morgan fingerprint density at radius 2 is 1.76 bits per heavy atom. The fourth-order valence-electron chi connectivity index (χ4n) is 3.30. The van der Waals surface area contributed by atoms with Crippen LogP contribution in [-0.4, -0.2) is 57.4 Å². The molecule has 0 aliphatic carbocycles. The second kappa shape index (κ2) is 8.98. The third-order valence-corrected chi connectivity index (χ3v) is 6.35. The van der Waals surface area contributed by atoms with E-state index < -0.39 is 21.7 Å². The van der Waals surface area contributed by atoms with Crippen molar-refractivity contribution in [2.45, 2.75) is 17.9 Å². The molecule has 0 spiro atoms. The summed E-state index contributed by atoms with van der Waals surface area (Å²) in [6.07, 6.45) is 0.697. The lowest BCUT2D eigenvalue weighted by molar-refractivity contribution is 0.0756. The lowest BCUT2D eigenvalue weighted by atomic mass is 10.2. The summed E-state index contributed by atoms with van der Waals surface area (Å²) in [6, 6.07) is 9.49. The van der Waals surface area contributed by atoms with Crippen LogP contribution in [-0.2, 0) is 16.6 Å². The normalized spacial score (nSPS) is 15.9. The molecule has 9 heteroatoms. The zero-order valence-corrected chi connectivity index (χ0v) is 16.9. The molecule has 2 aromatic rings. The SMILES string of the molecule is CNS(=O)(=O)c1ccc(F)c(C(=O)N2CCCN(Cc3ccc(F)cc3)CC2)c1. The van der Waals surface area contributed by atoms with Crippen LogP contribution in [0.1, 0.15) is 22.3 Å². The zero-order chi connectivity index (χ0) is 21.0. The Kier molecular flexibility index (Phi) is 6.61. The molecule has 2 aromatic carbocycles. The summed E-state index contributed by atoms with van der Waals surface area (Å²) in [5, 5.41) is 0. The minimum absolute atomic E-state index is 0.155. The summed E-state index contributed by atoms with van der Waals surface area (Å²) >= 11 is 0. The van der Waals surface area contributed by atoms with Gasteiger partial charge in [0.05, 0.1) is 10.5 Å². The molecule has 1 heterocycles. The average Bonchev–Trinajstić information content (AvgIpc) is 2.95. The van der Waals surface area contributed by atoms with E-state index in [1.165, 1.54) is 19.2 Å². The number of nitrogens with zero attached hydrogens (tertiary/aromatic N) is 2. The molecular formula is C20H23F2N3O3S. The highest BCUT2D eigenvalue weighted by Crippen LogP contribution is 2.18. The lowest BCUT2D eigenvalue weighted by Gasteiger charge is -2.22. The number of carbonyl (C=O) groups excluding carboxylic acids is 1. The molecule has 1 amide bonds. The molecule has 1 N–H and O–H groups in total. The molecule has 1 saturated heterocycles. The van der Waals surface area contributed by atoms with Crippen molar-refractivity contribution in [1.82, 2.24) is 14.5 Å². The van der Waals surface area contributed by atoms with Crippen LogP contribution < -0.4 is 4.72 Å². The van der Waals surface area contributed by atoms with Crippen LogP contribution >= 0.6 is 0 Å². The van der Waals surface area contributed by atoms with Crippen molar-refractivity contribution in [3.8, 4) is 0 Å². The van der Waals surface area contributed by atoms with Crippen molar-refractivity contribution < 1.29 is 22.0 Å². The highest BCUT2D eigenvalue weighted by atomic mass is 32.2. The number of hydrogen-bond acceptors (Lipinski definition) is 4. The quantitative estimate of drug-likeness (QED) is 0.801. The van der Waals surface area contributed by atoms with Gasteiger partial charge in [-0.05, 0) is 49.4 Å². The van der Waals surface area contributed by atoms with E-state index in [4.69, 9.17) is 0 Å². The molecule has 0 aromatic heterocycles. The molecule has 0 bridgehead atoms. The fraction of sp³-hybridized carbons (Fsp3) is 0.350. The Morgan fingerprint density at radius 1 is 1.03 bits per heavy atom. The summed E-state index contributed by atoms with van der Waals surface area (Å²) in [4.78, 5) is 16.4. The molecule has 29 heavy (non-hydrogen) atoms. The summed E-state index contributed by atoms with van der Waals surface area (Å²) < 4.78 is 53.4. The highest BCUT2D eigenvalue weighted by molar-refractivity contribution is 7.89. The predicted octanol–water partition coefficient (Wildman–Crippen LogP) is 2.22. The number of sulfonamides is 1. The summed E-state index contributed by atoms with van der Waals surface area (Å²) in [7, 11) is -2.52. The Labute approximate surface area is 169 Å². The molecule has 1 fully saturated rings. The number of carbonyl (C=O) groups is 1. The topological polar surface area (TPSA) is 69.7 Å². The number of rotatable bonds is 5. The van der Waals surface area contributed by atoms with E-state index >= 15 is 0 Å².